The normalized spacial score (nSPS) is 25.2. The van der Waals surface area contributed by atoms with Crippen molar-refractivity contribution in [1.82, 2.24) is 4.98 Å². The average Bonchev–Trinajstić information content (AvgIpc) is 2.83. The van der Waals surface area contributed by atoms with Crippen molar-refractivity contribution < 1.29 is 14.2 Å². The summed E-state index contributed by atoms with van der Waals surface area (Å²) in [6, 6.07) is 3.03. The Morgan fingerprint density at radius 3 is 2.90 bits per heavy atom. The Morgan fingerprint density at radius 2 is 2.25 bits per heavy atom. The van der Waals surface area contributed by atoms with Crippen molar-refractivity contribution in [2.45, 2.75) is 38.9 Å². The van der Waals surface area contributed by atoms with Gasteiger partial charge in [-0.3, -0.25) is 0 Å². The number of aliphatic hydroxyl groups excluding tert-OH is 1. The van der Waals surface area contributed by atoms with Gasteiger partial charge in [-0.05, 0) is 34.2 Å². The third-order valence-electron chi connectivity index (χ3n) is 3.92. The molecule has 0 unspecified atom stereocenters. The van der Waals surface area contributed by atoms with Gasteiger partial charge in [0.1, 0.15) is 6.10 Å². The summed E-state index contributed by atoms with van der Waals surface area (Å²) < 4.78 is 21.3. The fraction of sp³-hybridized carbons (Fsp3) is 0.500. The van der Waals surface area contributed by atoms with E-state index in [1.54, 1.807) is 6.07 Å². The Hall–Kier alpha value is -0.720. The van der Waals surface area contributed by atoms with Crippen molar-refractivity contribution in [3.8, 4) is 5.75 Å². The zero-order valence-electron chi connectivity index (χ0n) is 11.2. The van der Waals surface area contributed by atoms with Gasteiger partial charge in [0.25, 0.3) is 0 Å². The maximum absolute atomic E-state index is 14.0. The van der Waals surface area contributed by atoms with E-state index in [1.165, 1.54) is 17.4 Å². The highest BCUT2D eigenvalue weighted by molar-refractivity contribution is 9.11. The van der Waals surface area contributed by atoms with E-state index < -0.39 is 11.9 Å². The van der Waals surface area contributed by atoms with Crippen LogP contribution in [0.15, 0.2) is 16.0 Å². The molecule has 20 heavy (non-hydrogen) atoms. The van der Waals surface area contributed by atoms with Gasteiger partial charge < -0.3 is 9.84 Å². The van der Waals surface area contributed by atoms with Gasteiger partial charge in [-0.2, -0.15) is 0 Å². The Morgan fingerprint density at radius 1 is 1.50 bits per heavy atom. The van der Waals surface area contributed by atoms with E-state index in [0.29, 0.717) is 9.43 Å². The van der Waals surface area contributed by atoms with Crippen LogP contribution in [0.5, 0.6) is 5.75 Å². The highest BCUT2D eigenvalue weighted by atomic mass is 79.9. The highest BCUT2D eigenvalue weighted by Crippen LogP contribution is 2.40. The second-order valence-corrected chi connectivity index (χ2v) is 8.15. The smallest absolute Gasteiger partial charge is 0.167 e. The minimum atomic E-state index is -0.578. The molecule has 0 spiro atoms. The fourth-order valence-electron chi connectivity index (χ4n) is 2.60. The van der Waals surface area contributed by atoms with E-state index in [2.05, 4.69) is 20.9 Å². The molecule has 0 bridgehead atoms. The van der Waals surface area contributed by atoms with Crippen molar-refractivity contribution in [1.29, 1.82) is 0 Å². The Labute approximate surface area is 128 Å². The number of aliphatic hydroxyl groups is 1. The third kappa shape index (κ3) is 2.44. The quantitative estimate of drug-likeness (QED) is 0.876. The molecular formula is C14H15BrFNO2S. The predicted molar refractivity (Wildman–Crippen MR) is 80.7 cm³/mol. The lowest BCUT2D eigenvalue weighted by Gasteiger charge is -2.25. The van der Waals surface area contributed by atoms with E-state index in [4.69, 9.17) is 4.74 Å². The summed E-state index contributed by atoms with van der Waals surface area (Å²) in [5.41, 5.74) is 0.428. The molecule has 1 fully saturated rings. The molecule has 1 aromatic carbocycles. The van der Waals surface area contributed by atoms with Gasteiger partial charge in [0.15, 0.2) is 15.5 Å². The maximum atomic E-state index is 14.0. The Balaban J connectivity index is 1.89. The first kappa shape index (κ1) is 14.2. The van der Waals surface area contributed by atoms with Crippen molar-refractivity contribution in [2.24, 2.45) is 5.41 Å². The number of hydrogen-bond donors (Lipinski definition) is 1. The van der Waals surface area contributed by atoms with Gasteiger partial charge in [-0.25, -0.2) is 9.37 Å². The van der Waals surface area contributed by atoms with Crippen LogP contribution in [-0.2, 0) is 0 Å². The summed E-state index contributed by atoms with van der Waals surface area (Å²) in [4.78, 5) is 4.18. The monoisotopic (exact) mass is 359 g/mol. The van der Waals surface area contributed by atoms with Crippen LogP contribution in [0, 0.1) is 11.2 Å². The molecule has 2 atom stereocenters. The highest BCUT2D eigenvalue weighted by Gasteiger charge is 2.42. The molecule has 108 valence electrons. The molecule has 1 aliphatic rings. The van der Waals surface area contributed by atoms with Gasteiger partial charge in [-0.1, -0.05) is 13.8 Å². The molecule has 1 aliphatic carbocycles. The van der Waals surface area contributed by atoms with Crippen molar-refractivity contribution in [2.75, 3.05) is 0 Å². The zero-order chi connectivity index (χ0) is 14.5. The lowest BCUT2D eigenvalue weighted by Crippen LogP contribution is -2.34. The number of halogens is 2. The number of nitrogens with zero attached hydrogens (tertiary/aromatic N) is 1. The maximum Gasteiger partial charge on any atom is 0.167 e. The molecule has 1 aromatic heterocycles. The summed E-state index contributed by atoms with van der Waals surface area (Å²) in [6.07, 6.45) is 0.673. The van der Waals surface area contributed by atoms with Crippen LogP contribution < -0.4 is 4.74 Å². The van der Waals surface area contributed by atoms with Gasteiger partial charge >= 0.3 is 0 Å². The second kappa shape index (κ2) is 4.93. The number of ether oxygens (including phenoxy) is 1. The van der Waals surface area contributed by atoms with E-state index in [-0.39, 0.29) is 17.3 Å². The molecule has 0 amide bonds. The zero-order valence-corrected chi connectivity index (χ0v) is 13.6. The van der Waals surface area contributed by atoms with E-state index in [1.807, 2.05) is 13.8 Å². The molecule has 0 radical (unpaired) electrons. The molecule has 2 aromatic rings. The second-order valence-electron chi connectivity index (χ2n) is 5.85. The summed E-state index contributed by atoms with van der Waals surface area (Å²) in [5.74, 6) is -0.248. The van der Waals surface area contributed by atoms with E-state index >= 15 is 0 Å². The number of hydrogen-bond acceptors (Lipinski definition) is 4. The van der Waals surface area contributed by atoms with Crippen LogP contribution in [0.2, 0.25) is 0 Å². The van der Waals surface area contributed by atoms with Gasteiger partial charge in [0, 0.05) is 12.1 Å². The molecule has 0 saturated heterocycles. The standard InChI is InChI=1S/C14H15BrFNO2S/c1-14(2)4-3-9(12(14)18)19-10-6-11-8(5-7(10)16)17-13(15)20-11/h5-6,9,12,18H,3-4H2,1-2H3/t9-,12-/m1/s1. The fourth-order valence-corrected chi connectivity index (χ4v) is 4.02. The molecule has 3 nitrogen and oxygen atoms in total. The first-order valence-corrected chi connectivity index (χ1v) is 8.08. The molecule has 1 N–H and O–H groups in total. The van der Waals surface area contributed by atoms with Crippen molar-refractivity contribution in [3.63, 3.8) is 0 Å². The van der Waals surface area contributed by atoms with Crippen molar-refractivity contribution in [3.05, 3.63) is 21.9 Å². The van der Waals surface area contributed by atoms with E-state index in [0.717, 1.165) is 17.5 Å². The van der Waals surface area contributed by atoms with Crippen LogP contribution in [-0.4, -0.2) is 22.3 Å². The first-order valence-electron chi connectivity index (χ1n) is 6.47. The molecule has 6 heteroatoms. The van der Waals surface area contributed by atoms with Crippen LogP contribution in [0.3, 0.4) is 0 Å². The number of aromatic nitrogens is 1. The summed E-state index contributed by atoms with van der Waals surface area (Å²) in [5, 5.41) is 10.2. The third-order valence-corrected chi connectivity index (χ3v) is 5.39. The van der Waals surface area contributed by atoms with Crippen molar-refractivity contribution >= 4 is 37.5 Å². The topological polar surface area (TPSA) is 42.4 Å². The Kier molecular flexibility index (Phi) is 3.51. The van der Waals surface area contributed by atoms with Gasteiger partial charge in [-0.15, -0.1) is 11.3 Å². The lowest BCUT2D eigenvalue weighted by atomic mass is 9.89. The minimum Gasteiger partial charge on any atom is -0.485 e. The predicted octanol–water partition coefficient (Wildman–Crippen LogP) is 4.13. The first-order chi connectivity index (χ1) is 9.37. The number of thiazole rings is 1. The summed E-state index contributed by atoms with van der Waals surface area (Å²) in [6.45, 7) is 4.00. The minimum absolute atomic E-state index is 0.182. The van der Waals surface area contributed by atoms with Gasteiger partial charge in [0.05, 0.1) is 16.3 Å². The molecule has 3 rings (SSSR count). The number of rotatable bonds is 2. The molecular weight excluding hydrogens is 345 g/mol. The average molecular weight is 360 g/mol. The molecule has 0 aliphatic heterocycles. The lowest BCUT2D eigenvalue weighted by molar-refractivity contribution is 0.00359. The molecule has 1 saturated carbocycles. The van der Waals surface area contributed by atoms with Crippen LogP contribution in [0.25, 0.3) is 10.2 Å². The number of benzene rings is 1. The summed E-state index contributed by atoms with van der Waals surface area (Å²) in [7, 11) is 0. The largest absolute Gasteiger partial charge is 0.485 e. The number of fused-ring (bicyclic) bond motifs is 1. The SMILES string of the molecule is CC1(C)CC[C@@H](Oc2cc3sc(Br)nc3cc2F)[C@H]1O. The Bertz CT molecular complexity index is 658. The van der Waals surface area contributed by atoms with Gasteiger partial charge in [0.2, 0.25) is 0 Å². The molecule has 1 heterocycles. The van der Waals surface area contributed by atoms with E-state index in [9.17, 15) is 9.50 Å². The van der Waals surface area contributed by atoms with Crippen LogP contribution in [0.4, 0.5) is 4.39 Å². The van der Waals surface area contributed by atoms with Crippen LogP contribution in [0.1, 0.15) is 26.7 Å². The summed E-state index contributed by atoms with van der Waals surface area (Å²) >= 11 is 4.72. The van der Waals surface area contributed by atoms with Crippen LogP contribution >= 0.6 is 27.3 Å².